The van der Waals surface area contributed by atoms with E-state index in [2.05, 4.69) is 78.1 Å². The number of nitrogens with one attached hydrogen (secondary N) is 1. The summed E-state index contributed by atoms with van der Waals surface area (Å²) in [4.78, 5) is 13.0. The van der Waals surface area contributed by atoms with Crippen LogP contribution in [0.1, 0.15) is 12.8 Å². The number of carbonyl (C=O) groups excluding carboxylic acids is 1. The molecule has 1 fully saturated rings. The van der Waals surface area contributed by atoms with Crippen molar-refractivity contribution < 1.29 is 4.79 Å². The second-order valence-electron chi connectivity index (χ2n) is 6.48. The molecule has 0 atom stereocenters. The molecule has 0 aromatic heterocycles. The lowest BCUT2D eigenvalue weighted by Gasteiger charge is -2.34. The van der Waals surface area contributed by atoms with Gasteiger partial charge >= 0.3 is 0 Å². The first-order valence-corrected chi connectivity index (χ1v) is 10.8. The third kappa shape index (κ3) is 2.81. The minimum atomic E-state index is -2.18. The summed E-state index contributed by atoms with van der Waals surface area (Å²) in [5, 5.41) is 7.85. The second kappa shape index (κ2) is 7.35. The summed E-state index contributed by atoms with van der Waals surface area (Å²) >= 11 is 0. The van der Waals surface area contributed by atoms with E-state index >= 15 is 0 Å². The van der Waals surface area contributed by atoms with Crippen molar-refractivity contribution in [2.24, 2.45) is 0 Å². The fourth-order valence-electron chi connectivity index (χ4n) is 3.86. The van der Waals surface area contributed by atoms with Gasteiger partial charge in [-0.25, -0.2) is 0 Å². The van der Waals surface area contributed by atoms with Gasteiger partial charge in [0.2, 0.25) is 5.91 Å². The smallest absolute Gasteiger partial charge is 0.248 e. The molecule has 2 nitrogen and oxygen atoms in total. The summed E-state index contributed by atoms with van der Waals surface area (Å²) in [6.45, 7) is -1.42. The van der Waals surface area contributed by atoms with E-state index in [1.165, 1.54) is 15.9 Å². The van der Waals surface area contributed by atoms with Crippen LogP contribution in [-0.2, 0) is 4.79 Å². The molecule has 1 N–H and O–H groups in total. The van der Waals surface area contributed by atoms with E-state index in [0.29, 0.717) is 0 Å². The molecule has 3 aromatic carbocycles. The predicted molar refractivity (Wildman–Crippen MR) is 112 cm³/mol. The van der Waals surface area contributed by atoms with Gasteiger partial charge < -0.3 is 5.32 Å². The molecule has 1 amide bonds. The van der Waals surface area contributed by atoms with Crippen LogP contribution in [0.15, 0.2) is 91.0 Å². The number of hydrogen-bond acceptors (Lipinski definition) is 1. The van der Waals surface area contributed by atoms with Crippen LogP contribution >= 0.6 is 6.89 Å². The summed E-state index contributed by atoms with van der Waals surface area (Å²) < 4.78 is 0. The van der Waals surface area contributed by atoms with Gasteiger partial charge in [-0.1, -0.05) is 91.0 Å². The Morgan fingerprint density at radius 2 is 1.08 bits per heavy atom. The third-order valence-corrected chi connectivity index (χ3v) is 9.43. The molecule has 1 heterocycles. The zero-order valence-corrected chi connectivity index (χ0v) is 15.5. The van der Waals surface area contributed by atoms with Gasteiger partial charge in [-0.05, 0) is 35.6 Å². The minimum absolute atomic E-state index is 0.112. The zero-order valence-electron chi connectivity index (χ0n) is 14.6. The van der Waals surface area contributed by atoms with Crippen molar-refractivity contribution in [2.75, 3.05) is 6.54 Å². The summed E-state index contributed by atoms with van der Waals surface area (Å²) in [6, 6.07) is 31.7. The molecule has 0 saturated carbocycles. The molecular weight excluding hydrogens is 337 g/mol. The quantitative estimate of drug-likeness (QED) is 0.716. The van der Waals surface area contributed by atoms with Crippen molar-refractivity contribution in [3.8, 4) is 0 Å². The van der Waals surface area contributed by atoms with E-state index < -0.39 is 6.89 Å². The van der Waals surface area contributed by atoms with Crippen LogP contribution in [0.4, 0.5) is 0 Å². The Balaban J connectivity index is 2.19. The Morgan fingerprint density at radius 1 is 0.654 bits per heavy atom. The maximum atomic E-state index is 13.0. The van der Waals surface area contributed by atoms with Crippen LogP contribution in [0.25, 0.3) is 0 Å². The van der Waals surface area contributed by atoms with Crippen molar-refractivity contribution in [1.82, 2.24) is 5.32 Å². The lowest BCUT2D eigenvalue weighted by atomic mass is 10.2. The Morgan fingerprint density at radius 3 is 1.46 bits per heavy atom. The van der Waals surface area contributed by atoms with Gasteiger partial charge in [0.05, 0.1) is 0 Å². The highest BCUT2D eigenvalue weighted by atomic mass is 31.2. The van der Waals surface area contributed by atoms with E-state index in [1.807, 2.05) is 18.2 Å². The average molecular weight is 359 g/mol. The third-order valence-electron chi connectivity index (χ3n) is 4.97. The standard InChI is InChI=1S/C23H22NOP/c25-23-22(17-10-18-24-23)26(19-11-4-1-5-12-19,20-13-6-2-7-14-20)21-15-8-3-9-16-21/h1-9,11-16H,10,17-18H2,(H,24,25). The van der Waals surface area contributed by atoms with Gasteiger partial charge in [-0.15, -0.1) is 0 Å². The topological polar surface area (TPSA) is 29.1 Å². The number of benzene rings is 3. The van der Waals surface area contributed by atoms with Crippen molar-refractivity contribution in [3.63, 3.8) is 0 Å². The molecule has 130 valence electrons. The van der Waals surface area contributed by atoms with Gasteiger partial charge in [0, 0.05) is 11.8 Å². The summed E-state index contributed by atoms with van der Waals surface area (Å²) in [7, 11) is 0. The van der Waals surface area contributed by atoms with Crippen LogP contribution < -0.4 is 21.2 Å². The maximum Gasteiger partial charge on any atom is 0.248 e. The molecule has 0 spiro atoms. The number of carbonyl (C=O) groups is 1. The maximum absolute atomic E-state index is 13.0. The normalized spacial score (nSPS) is 14.8. The van der Waals surface area contributed by atoms with Gasteiger partial charge in [0.25, 0.3) is 0 Å². The van der Waals surface area contributed by atoms with E-state index in [-0.39, 0.29) is 5.91 Å². The van der Waals surface area contributed by atoms with Gasteiger partial charge in [0.1, 0.15) is 0 Å². The molecule has 0 bridgehead atoms. The first-order valence-electron chi connectivity index (χ1n) is 9.04. The highest BCUT2D eigenvalue weighted by Crippen LogP contribution is 2.47. The number of rotatable bonds is 3. The number of amides is 1. The van der Waals surface area contributed by atoms with Crippen LogP contribution in [0.2, 0.25) is 0 Å². The second-order valence-corrected chi connectivity index (χ2v) is 9.91. The summed E-state index contributed by atoms with van der Waals surface area (Å²) in [6.07, 6.45) is 1.84. The van der Waals surface area contributed by atoms with Gasteiger partial charge in [-0.2, -0.15) is 0 Å². The molecular formula is C23H22NOP. The molecule has 3 heteroatoms. The lowest BCUT2D eigenvalue weighted by molar-refractivity contribution is -0.115. The highest BCUT2D eigenvalue weighted by Gasteiger charge is 2.33. The first-order chi connectivity index (χ1) is 12.8. The van der Waals surface area contributed by atoms with Crippen LogP contribution in [0.5, 0.6) is 0 Å². The number of piperidine rings is 1. The van der Waals surface area contributed by atoms with Crippen molar-refractivity contribution in [3.05, 3.63) is 91.0 Å². The average Bonchev–Trinajstić information content (AvgIpc) is 2.72. The van der Waals surface area contributed by atoms with Crippen LogP contribution in [0, 0.1) is 0 Å². The monoisotopic (exact) mass is 359 g/mol. The molecule has 3 aromatic rings. The largest absolute Gasteiger partial charge is 0.352 e. The Labute approximate surface area is 154 Å². The SMILES string of the molecule is O=C1NCCCC1=P(c1ccccc1)(c1ccccc1)c1ccccc1. The van der Waals surface area contributed by atoms with E-state index in [0.717, 1.165) is 24.7 Å². The Hall–Kier alpha value is -2.57. The first kappa shape index (κ1) is 16.9. The number of hydrogen-bond donors (Lipinski definition) is 1. The predicted octanol–water partition coefficient (Wildman–Crippen LogP) is 3.06. The molecule has 0 unspecified atom stereocenters. The van der Waals surface area contributed by atoms with Crippen LogP contribution in [-0.4, -0.2) is 17.7 Å². The van der Waals surface area contributed by atoms with Gasteiger partial charge in [0.15, 0.2) is 0 Å². The molecule has 0 aliphatic carbocycles. The van der Waals surface area contributed by atoms with Crippen LogP contribution in [0.3, 0.4) is 0 Å². The van der Waals surface area contributed by atoms with E-state index in [4.69, 9.17) is 0 Å². The van der Waals surface area contributed by atoms with Crippen molar-refractivity contribution in [1.29, 1.82) is 0 Å². The zero-order chi connectivity index (χ0) is 17.8. The van der Waals surface area contributed by atoms with Gasteiger partial charge in [-0.3, -0.25) is 4.79 Å². The molecule has 1 aliphatic rings. The lowest BCUT2D eigenvalue weighted by Crippen LogP contribution is -2.42. The highest BCUT2D eigenvalue weighted by molar-refractivity contribution is 7.96. The minimum Gasteiger partial charge on any atom is -0.352 e. The Bertz CT molecular complexity index is 846. The molecule has 0 radical (unpaired) electrons. The summed E-state index contributed by atoms with van der Waals surface area (Å²) in [5.41, 5.74) is 0. The van der Waals surface area contributed by atoms with E-state index in [9.17, 15) is 4.79 Å². The fourth-order valence-corrected chi connectivity index (χ4v) is 8.43. The van der Waals surface area contributed by atoms with Crippen molar-refractivity contribution in [2.45, 2.75) is 12.8 Å². The van der Waals surface area contributed by atoms with E-state index in [1.54, 1.807) is 0 Å². The van der Waals surface area contributed by atoms with Crippen molar-refractivity contribution >= 4 is 34.0 Å². The molecule has 1 aliphatic heterocycles. The summed E-state index contributed by atoms with van der Waals surface area (Å²) in [5.74, 6) is 0.112. The molecule has 4 rings (SSSR count). The molecule has 26 heavy (non-hydrogen) atoms. The fraction of sp³-hybridized carbons (Fsp3) is 0.130. The molecule has 1 saturated heterocycles. The Kier molecular flexibility index (Phi) is 4.77.